The van der Waals surface area contributed by atoms with Crippen molar-refractivity contribution in [2.45, 2.75) is 75.9 Å². The lowest BCUT2D eigenvalue weighted by molar-refractivity contribution is -0.141. The molecule has 2 aliphatic carbocycles. The fraction of sp³-hybridized carbons (Fsp3) is 0.640. The summed E-state index contributed by atoms with van der Waals surface area (Å²) in [6, 6.07) is 4.36. The second-order valence-corrected chi connectivity index (χ2v) is 10.6. The van der Waals surface area contributed by atoms with Crippen LogP contribution in [0.5, 0.6) is 0 Å². The zero-order chi connectivity index (χ0) is 25.7. The Labute approximate surface area is 204 Å². The number of halogens is 5. The largest absolute Gasteiger partial charge is 0.435 e. The van der Waals surface area contributed by atoms with Crippen molar-refractivity contribution in [3.63, 3.8) is 0 Å². The highest BCUT2D eigenvalue weighted by atomic mass is 19.4. The highest BCUT2D eigenvalue weighted by molar-refractivity contribution is 5.95. The van der Waals surface area contributed by atoms with Gasteiger partial charge in [-0.2, -0.15) is 18.4 Å². The number of imidazole rings is 1. The monoisotopic (exact) mass is 510 g/mol. The van der Waals surface area contributed by atoms with Crippen molar-refractivity contribution < 1.29 is 31.5 Å². The summed E-state index contributed by atoms with van der Waals surface area (Å²) >= 11 is 0. The summed E-state index contributed by atoms with van der Waals surface area (Å²) in [6.45, 7) is 1.48. The number of rotatable bonds is 4. The zero-order valence-electron chi connectivity index (χ0n) is 19.6. The van der Waals surface area contributed by atoms with Crippen LogP contribution in [0.2, 0.25) is 0 Å². The van der Waals surface area contributed by atoms with E-state index < -0.39 is 23.7 Å². The van der Waals surface area contributed by atoms with E-state index >= 15 is 0 Å². The SMILES string of the molecule is N#Cc1cc(C(=O)NC2CCC3(CC2)COC3)cc2nc(C(F)(F)F)c(CC3CCC(F)(F)CC3)n12. The first kappa shape index (κ1) is 24.9. The maximum absolute atomic E-state index is 13.9. The molecule has 3 fully saturated rings. The fourth-order valence-corrected chi connectivity index (χ4v) is 5.76. The summed E-state index contributed by atoms with van der Waals surface area (Å²) in [4.78, 5) is 16.7. The molecule has 1 N–H and O–H groups in total. The van der Waals surface area contributed by atoms with E-state index in [1.165, 1.54) is 12.1 Å². The summed E-state index contributed by atoms with van der Waals surface area (Å²) in [7, 11) is 0. The van der Waals surface area contributed by atoms with Crippen LogP contribution in [0.25, 0.3) is 5.65 Å². The molecule has 3 aliphatic rings. The quantitative estimate of drug-likeness (QED) is 0.568. The van der Waals surface area contributed by atoms with Crippen LogP contribution in [0.15, 0.2) is 12.1 Å². The molecule has 2 saturated carbocycles. The Balaban J connectivity index is 1.41. The number of amides is 1. The van der Waals surface area contributed by atoms with Gasteiger partial charge in [0.15, 0.2) is 5.69 Å². The van der Waals surface area contributed by atoms with Gasteiger partial charge in [-0.15, -0.1) is 0 Å². The molecule has 0 aromatic carbocycles. The molecule has 5 rings (SSSR count). The number of nitriles is 1. The van der Waals surface area contributed by atoms with E-state index in [1.54, 1.807) is 0 Å². The number of carbonyl (C=O) groups excluding carboxylic acids is 1. The van der Waals surface area contributed by atoms with E-state index in [2.05, 4.69) is 10.3 Å². The number of carbonyl (C=O) groups is 1. The van der Waals surface area contributed by atoms with E-state index in [-0.39, 0.29) is 72.1 Å². The van der Waals surface area contributed by atoms with Gasteiger partial charge in [-0.25, -0.2) is 13.8 Å². The van der Waals surface area contributed by atoms with Crippen molar-refractivity contribution in [3.05, 3.63) is 34.8 Å². The molecule has 11 heteroatoms. The number of pyridine rings is 1. The minimum Gasteiger partial charge on any atom is -0.380 e. The Morgan fingerprint density at radius 2 is 1.81 bits per heavy atom. The van der Waals surface area contributed by atoms with Gasteiger partial charge in [0.2, 0.25) is 5.92 Å². The number of fused-ring (bicyclic) bond motifs is 1. The van der Waals surface area contributed by atoms with E-state index in [4.69, 9.17) is 4.74 Å². The van der Waals surface area contributed by atoms with Crippen molar-refractivity contribution in [1.29, 1.82) is 5.26 Å². The van der Waals surface area contributed by atoms with Crippen LogP contribution >= 0.6 is 0 Å². The third kappa shape index (κ3) is 4.80. The van der Waals surface area contributed by atoms with Gasteiger partial charge in [-0.1, -0.05) is 0 Å². The summed E-state index contributed by atoms with van der Waals surface area (Å²) in [6.07, 6.45) is -2.04. The number of alkyl halides is 5. The molecule has 0 radical (unpaired) electrons. The average molecular weight is 511 g/mol. The lowest BCUT2D eigenvalue weighted by Crippen LogP contribution is -2.49. The molecule has 2 aromatic rings. The van der Waals surface area contributed by atoms with Crippen molar-refractivity contribution in [2.24, 2.45) is 11.3 Å². The number of hydrogen-bond donors (Lipinski definition) is 1. The number of nitrogens with one attached hydrogen (secondary N) is 1. The number of nitrogens with zero attached hydrogens (tertiary/aromatic N) is 3. The molecule has 3 heterocycles. The first-order valence-corrected chi connectivity index (χ1v) is 12.3. The van der Waals surface area contributed by atoms with E-state index in [0.29, 0.717) is 0 Å². The van der Waals surface area contributed by atoms with Crippen LogP contribution in [0.3, 0.4) is 0 Å². The van der Waals surface area contributed by atoms with Crippen molar-refractivity contribution in [3.8, 4) is 6.07 Å². The number of ether oxygens (including phenoxy) is 1. The second-order valence-electron chi connectivity index (χ2n) is 10.6. The smallest absolute Gasteiger partial charge is 0.380 e. The molecule has 6 nitrogen and oxygen atoms in total. The van der Waals surface area contributed by atoms with Gasteiger partial charge in [-0.3, -0.25) is 9.20 Å². The van der Waals surface area contributed by atoms with Gasteiger partial charge in [0.1, 0.15) is 17.4 Å². The molecule has 1 aliphatic heterocycles. The predicted molar refractivity (Wildman–Crippen MR) is 118 cm³/mol. The molecule has 2 aromatic heterocycles. The maximum atomic E-state index is 13.9. The third-order valence-electron chi connectivity index (χ3n) is 7.98. The first-order valence-electron chi connectivity index (χ1n) is 12.3. The highest BCUT2D eigenvalue weighted by Gasteiger charge is 2.43. The van der Waals surface area contributed by atoms with Crippen molar-refractivity contribution in [1.82, 2.24) is 14.7 Å². The van der Waals surface area contributed by atoms with Gasteiger partial charge >= 0.3 is 6.18 Å². The normalized spacial score (nSPS) is 22.3. The van der Waals surface area contributed by atoms with Crippen LogP contribution in [0.4, 0.5) is 22.0 Å². The molecule has 36 heavy (non-hydrogen) atoms. The molecular weight excluding hydrogens is 483 g/mol. The van der Waals surface area contributed by atoms with Gasteiger partial charge in [0.05, 0.1) is 18.9 Å². The molecule has 1 amide bonds. The van der Waals surface area contributed by atoms with E-state index in [1.807, 2.05) is 6.07 Å². The van der Waals surface area contributed by atoms with Gasteiger partial charge < -0.3 is 10.1 Å². The standard InChI is InChI=1S/C25H27F5N4O2/c26-24(27)7-1-15(2-8-24)9-19-21(25(28,29)30)33-20-11-16(10-18(12-31)34(19)20)22(35)32-17-3-5-23(6-4-17)13-36-14-23/h10-11,15,17H,1-9,13-14H2,(H,32,35). The Morgan fingerprint density at radius 3 is 2.36 bits per heavy atom. The van der Waals surface area contributed by atoms with Gasteiger partial charge in [0, 0.05) is 29.9 Å². The summed E-state index contributed by atoms with van der Waals surface area (Å²) < 4.78 is 75.3. The predicted octanol–water partition coefficient (Wildman–Crippen LogP) is 5.28. The lowest BCUT2D eigenvalue weighted by Gasteiger charge is -2.46. The number of aromatic nitrogens is 2. The third-order valence-corrected chi connectivity index (χ3v) is 7.98. The van der Waals surface area contributed by atoms with E-state index in [9.17, 15) is 32.0 Å². The van der Waals surface area contributed by atoms with E-state index in [0.717, 1.165) is 43.3 Å². The van der Waals surface area contributed by atoms with Crippen LogP contribution in [-0.2, 0) is 17.3 Å². The molecule has 0 unspecified atom stereocenters. The lowest BCUT2D eigenvalue weighted by atomic mass is 9.71. The zero-order valence-corrected chi connectivity index (χ0v) is 19.6. The fourth-order valence-electron chi connectivity index (χ4n) is 5.76. The van der Waals surface area contributed by atoms with Crippen molar-refractivity contribution in [2.75, 3.05) is 13.2 Å². The Hall–Kier alpha value is -2.74. The van der Waals surface area contributed by atoms with Crippen LogP contribution in [0, 0.1) is 22.7 Å². The first-order chi connectivity index (χ1) is 17.0. The molecule has 194 valence electrons. The Morgan fingerprint density at radius 1 is 1.14 bits per heavy atom. The molecule has 0 bridgehead atoms. The Kier molecular flexibility index (Phi) is 6.22. The molecular formula is C25H27F5N4O2. The highest BCUT2D eigenvalue weighted by Crippen LogP contribution is 2.42. The van der Waals surface area contributed by atoms with Crippen LogP contribution < -0.4 is 5.32 Å². The summed E-state index contributed by atoms with van der Waals surface area (Å²) in [5.41, 5.74) is -1.40. The topological polar surface area (TPSA) is 79.4 Å². The molecule has 1 saturated heterocycles. The maximum Gasteiger partial charge on any atom is 0.435 e. The van der Waals surface area contributed by atoms with Crippen LogP contribution in [-0.4, -0.2) is 40.5 Å². The Bertz CT molecular complexity index is 1190. The second kappa shape index (κ2) is 8.98. The molecule has 1 spiro atoms. The number of hydrogen-bond acceptors (Lipinski definition) is 4. The summed E-state index contributed by atoms with van der Waals surface area (Å²) in [5.74, 6) is -3.64. The summed E-state index contributed by atoms with van der Waals surface area (Å²) in [5, 5.41) is 12.7. The van der Waals surface area contributed by atoms with Crippen LogP contribution in [0.1, 0.15) is 78.8 Å². The van der Waals surface area contributed by atoms with Crippen molar-refractivity contribution >= 4 is 11.6 Å². The minimum absolute atomic E-state index is 0.0593. The molecule has 0 atom stereocenters. The van der Waals surface area contributed by atoms with Gasteiger partial charge in [0.25, 0.3) is 5.91 Å². The average Bonchev–Trinajstić information content (AvgIpc) is 3.18. The minimum atomic E-state index is -4.79. The van der Waals surface area contributed by atoms with Gasteiger partial charge in [-0.05, 0) is 63.0 Å².